The molecule has 164 valence electrons. The van der Waals surface area contributed by atoms with Gasteiger partial charge in [0.2, 0.25) is 10.0 Å². The molecule has 7 nitrogen and oxygen atoms in total. The standard InChI is InChI=1S/C23H26N2O5S/c1-15-7-10-22(29-4)21(12-15)17(3)25-23(26)20-13-19(9-8-16(20)2)31(27,28)24-14-18-6-5-11-30-18/h5-13,17,24H,14H2,1-4H3,(H,25,26). The molecule has 8 heteroatoms. The van der Waals surface area contributed by atoms with Gasteiger partial charge in [-0.1, -0.05) is 23.8 Å². The van der Waals surface area contributed by atoms with E-state index >= 15 is 0 Å². The van der Waals surface area contributed by atoms with Crippen LogP contribution in [0.3, 0.4) is 0 Å². The second-order valence-corrected chi connectivity index (χ2v) is 9.09. The molecule has 3 rings (SSSR count). The number of amides is 1. The zero-order chi connectivity index (χ0) is 22.6. The van der Waals surface area contributed by atoms with Crippen LogP contribution < -0.4 is 14.8 Å². The van der Waals surface area contributed by atoms with Gasteiger partial charge in [-0.25, -0.2) is 13.1 Å². The zero-order valence-corrected chi connectivity index (χ0v) is 18.7. The van der Waals surface area contributed by atoms with Crippen LogP contribution in [-0.2, 0) is 16.6 Å². The fourth-order valence-corrected chi connectivity index (χ4v) is 4.24. The lowest BCUT2D eigenvalue weighted by atomic mass is 10.0. The molecule has 0 bridgehead atoms. The number of furan rings is 1. The molecule has 0 saturated heterocycles. The third-order valence-electron chi connectivity index (χ3n) is 4.98. The summed E-state index contributed by atoms with van der Waals surface area (Å²) in [5.41, 5.74) is 2.85. The Morgan fingerprint density at radius 3 is 2.58 bits per heavy atom. The Balaban J connectivity index is 1.81. The van der Waals surface area contributed by atoms with Gasteiger partial charge in [0.05, 0.1) is 30.9 Å². The molecule has 1 heterocycles. The van der Waals surface area contributed by atoms with Gasteiger partial charge in [-0.05, 0) is 56.7 Å². The second-order valence-electron chi connectivity index (χ2n) is 7.32. The Hall–Kier alpha value is -3.10. The number of benzene rings is 2. The van der Waals surface area contributed by atoms with Crippen LogP contribution in [-0.4, -0.2) is 21.4 Å². The lowest BCUT2D eigenvalue weighted by Crippen LogP contribution is -2.28. The number of carbonyl (C=O) groups excluding carboxylic acids is 1. The second kappa shape index (κ2) is 9.36. The highest BCUT2D eigenvalue weighted by Crippen LogP contribution is 2.26. The Morgan fingerprint density at radius 1 is 1.13 bits per heavy atom. The smallest absolute Gasteiger partial charge is 0.252 e. The van der Waals surface area contributed by atoms with Crippen LogP contribution in [0.25, 0.3) is 0 Å². The van der Waals surface area contributed by atoms with E-state index in [-0.39, 0.29) is 23.4 Å². The molecule has 1 atom stereocenters. The molecule has 0 aliphatic rings. The van der Waals surface area contributed by atoms with E-state index in [1.165, 1.54) is 18.4 Å². The SMILES string of the molecule is COc1ccc(C)cc1C(C)NC(=O)c1cc(S(=O)(=O)NCc2ccco2)ccc1C. The van der Waals surface area contributed by atoms with E-state index in [1.54, 1.807) is 32.2 Å². The summed E-state index contributed by atoms with van der Waals surface area (Å²) in [5.74, 6) is 0.805. The van der Waals surface area contributed by atoms with Crippen LogP contribution in [0, 0.1) is 13.8 Å². The largest absolute Gasteiger partial charge is 0.496 e. The number of nitrogens with one attached hydrogen (secondary N) is 2. The topological polar surface area (TPSA) is 97.6 Å². The van der Waals surface area contributed by atoms with Crippen molar-refractivity contribution in [3.05, 3.63) is 82.8 Å². The van der Waals surface area contributed by atoms with Crippen LogP contribution >= 0.6 is 0 Å². The number of ether oxygens (including phenoxy) is 1. The van der Waals surface area contributed by atoms with Crippen molar-refractivity contribution >= 4 is 15.9 Å². The molecule has 0 fully saturated rings. The maximum atomic E-state index is 13.0. The van der Waals surface area contributed by atoms with E-state index in [0.29, 0.717) is 22.6 Å². The molecule has 1 unspecified atom stereocenters. The lowest BCUT2D eigenvalue weighted by molar-refractivity contribution is 0.0938. The summed E-state index contributed by atoms with van der Waals surface area (Å²) in [5, 5.41) is 2.94. The van der Waals surface area contributed by atoms with E-state index in [2.05, 4.69) is 10.0 Å². The lowest BCUT2D eigenvalue weighted by Gasteiger charge is -2.19. The monoisotopic (exact) mass is 442 g/mol. The van der Waals surface area contributed by atoms with E-state index in [4.69, 9.17) is 9.15 Å². The summed E-state index contributed by atoms with van der Waals surface area (Å²) in [7, 11) is -2.24. The van der Waals surface area contributed by atoms with Gasteiger partial charge in [0.1, 0.15) is 11.5 Å². The first-order chi connectivity index (χ1) is 14.7. The van der Waals surface area contributed by atoms with Crippen LogP contribution in [0.1, 0.15) is 45.8 Å². The molecule has 2 N–H and O–H groups in total. The number of aryl methyl sites for hydroxylation is 2. The van der Waals surface area contributed by atoms with Crippen molar-refractivity contribution in [2.75, 3.05) is 7.11 Å². The highest BCUT2D eigenvalue weighted by molar-refractivity contribution is 7.89. The Kier molecular flexibility index (Phi) is 6.82. The Morgan fingerprint density at radius 2 is 1.90 bits per heavy atom. The molecule has 3 aromatic rings. The number of rotatable bonds is 8. The predicted molar refractivity (Wildman–Crippen MR) is 118 cm³/mol. The van der Waals surface area contributed by atoms with Gasteiger partial charge in [-0.2, -0.15) is 0 Å². The third-order valence-corrected chi connectivity index (χ3v) is 6.38. The minimum Gasteiger partial charge on any atom is -0.496 e. The highest BCUT2D eigenvalue weighted by atomic mass is 32.2. The number of hydrogen-bond acceptors (Lipinski definition) is 5. The summed E-state index contributed by atoms with van der Waals surface area (Å²) in [6.07, 6.45) is 1.47. The molecule has 0 radical (unpaired) electrons. The molecule has 0 saturated carbocycles. The van der Waals surface area contributed by atoms with E-state index in [1.807, 2.05) is 32.0 Å². The molecule has 2 aromatic carbocycles. The average molecular weight is 443 g/mol. The molecular formula is C23H26N2O5S. The minimum absolute atomic E-state index is 0.00981. The van der Waals surface area contributed by atoms with Crippen molar-refractivity contribution in [3.8, 4) is 5.75 Å². The fraction of sp³-hybridized carbons (Fsp3) is 0.261. The van der Waals surface area contributed by atoms with Gasteiger partial charge < -0.3 is 14.5 Å². The number of hydrogen-bond donors (Lipinski definition) is 2. The average Bonchev–Trinajstić information content (AvgIpc) is 3.26. The molecule has 0 aliphatic carbocycles. The summed E-state index contributed by atoms with van der Waals surface area (Å²) >= 11 is 0. The van der Waals surface area contributed by atoms with Crippen LogP contribution in [0.2, 0.25) is 0 Å². The maximum Gasteiger partial charge on any atom is 0.252 e. The minimum atomic E-state index is -3.82. The first-order valence-electron chi connectivity index (χ1n) is 9.79. The van der Waals surface area contributed by atoms with Crippen molar-refractivity contribution in [3.63, 3.8) is 0 Å². The van der Waals surface area contributed by atoms with Crippen LogP contribution in [0.5, 0.6) is 5.75 Å². The Labute approximate surface area is 182 Å². The normalized spacial score (nSPS) is 12.4. The van der Waals surface area contributed by atoms with Gasteiger partial charge in [-0.3, -0.25) is 4.79 Å². The van der Waals surface area contributed by atoms with E-state index in [0.717, 1.165) is 11.1 Å². The predicted octanol–water partition coefficient (Wildman–Crippen LogP) is 3.87. The van der Waals surface area contributed by atoms with Gasteiger partial charge in [0.25, 0.3) is 5.91 Å². The van der Waals surface area contributed by atoms with E-state index < -0.39 is 10.0 Å². The summed E-state index contributed by atoms with van der Waals surface area (Å²) in [6.45, 7) is 5.61. The molecule has 0 aliphatic heterocycles. The summed E-state index contributed by atoms with van der Waals surface area (Å²) < 4.78 is 38.4. The van der Waals surface area contributed by atoms with Crippen molar-refractivity contribution in [1.29, 1.82) is 0 Å². The van der Waals surface area contributed by atoms with Crippen molar-refractivity contribution < 1.29 is 22.4 Å². The number of carbonyl (C=O) groups is 1. The highest BCUT2D eigenvalue weighted by Gasteiger charge is 2.20. The first kappa shape index (κ1) is 22.6. The third kappa shape index (κ3) is 5.34. The fourth-order valence-electron chi connectivity index (χ4n) is 3.22. The molecule has 31 heavy (non-hydrogen) atoms. The zero-order valence-electron chi connectivity index (χ0n) is 17.9. The summed E-state index contributed by atoms with van der Waals surface area (Å²) in [4.78, 5) is 13.0. The van der Waals surface area contributed by atoms with Crippen LogP contribution in [0.15, 0.2) is 64.1 Å². The molecule has 1 aromatic heterocycles. The summed E-state index contributed by atoms with van der Waals surface area (Å²) in [6, 6.07) is 13.3. The van der Waals surface area contributed by atoms with Crippen molar-refractivity contribution in [1.82, 2.24) is 10.0 Å². The van der Waals surface area contributed by atoms with Gasteiger partial charge >= 0.3 is 0 Å². The maximum absolute atomic E-state index is 13.0. The molecular weight excluding hydrogens is 416 g/mol. The number of methoxy groups -OCH3 is 1. The van der Waals surface area contributed by atoms with Gasteiger partial charge in [0.15, 0.2) is 0 Å². The Bertz CT molecular complexity index is 1170. The first-order valence-corrected chi connectivity index (χ1v) is 11.3. The van der Waals surface area contributed by atoms with Gasteiger partial charge in [-0.15, -0.1) is 0 Å². The van der Waals surface area contributed by atoms with Crippen LogP contribution in [0.4, 0.5) is 0 Å². The van der Waals surface area contributed by atoms with Gasteiger partial charge in [0, 0.05) is 11.1 Å². The van der Waals surface area contributed by atoms with Crippen molar-refractivity contribution in [2.24, 2.45) is 0 Å². The molecule has 1 amide bonds. The molecule has 0 spiro atoms. The quantitative estimate of drug-likeness (QED) is 0.552. The number of sulfonamides is 1. The van der Waals surface area contributed by atoms with E-state index in [9.17, 15) is 13.2 Å². The van der Waals surface area contributed by atoms with Crippen molar-refractivity contribution in [2.45, 2.75) is 38.3 Å².